The molecule has 120 valence electrons. The second kappa shape index (κ2) is 6.42. The van der Waals surface area contributed by atoms with Crippen LogP contribution in [0.3, 0.4) is 0 Å². The minimum atomic E-state index is 0.421. The zero-order valence-corrected chi connectivity index (χ0v) is 14.6. The van der Waals surface area contributed by atoms with E-state index in [4.69, 9.17) is 4.42 Å². The summed E-state index contributed by atoms with van der Waals surface area (Å²) in [5.74, 6) is 1.87. The van der Waals surface area contributed by atoms with Gasteiger partial charge in [-0.1, -0.05) is 46.3 Å². The van der Waals surface area contributed by atoms with Gasteiger partial charge in [0.1, 0.15) is 23.4 Å². The average molecular weight is 390 g/mol. The average Bonchev–Trinajstić information content (AvgIpc) is 3.26. The Balaban J connectivity index is 1.72. The second-order valence-electron chi connectivity index (χ2n) is 5.45. The number of benzene rings is 2. The lowest BCUT2D eigenvalue weighted by atomic mass is 10.2. The summed E-state index contributed by atoms with van der Waals surface area (Å²) in [6.07, 6.45) is 1.69. The van der Waals surface area contributed by atoms with Crippen LogP contribution < -0.4 is 0 Å². The fourth-order valence-electron chi connectivity index (χ4n) is 2.61. The molecule has 0 saturated carbocycles. The number of nitrogens with zero attached hydrogens (tertiary/aromatic N) is 2. The minimum absolute atomic E-state index is 0.421. The number of nitrogens with one attached hydrogen (secondary N) is 1. The van der Waals surface area contributed by atoms with Gasteiger partial charge in [-0.25, -0.2) is 4.98 Å². The molecule has 0 radical (unpaired) electrons. The number of furan rings is 1. The molecule has 0 fully saturated rings. The molecule has 25 heavy (non-hydrogen) atoms. The maximum Gasteiger partial charge on any atom is 0.149 e. The number of nitriles is 1. The van der Waals surface area contributed by atoms with E-state index in [1.165, 1.54) is 0 Å². The van der Waals surface area contributed by atoms with E-state index < -0.39 is 0 Å². The number of aromatic nitrogens is 2. The first-order valence-corrected chi connectivity index (χ1v) is 8.45. The predicted molar refractivity (Wildman–Crippen MR) is 101 cm³/mol. The van der Waals surface area contributed by atoms with Crippen molar-refractivity contribution in [2.24, 2.45) is 0 Å². The summed E-state index contributed by atoms with van der Waals surface area (Å²) in [7, 11) is 0. The van der Waals surface area contributed by atoms with Gasteiger partial charge >= 0.3 is 0 Å². The highest BCUT2D eigenvalue weighted by Gasteiger charge is 2.11. The van der Waals surface area contributed by atoms with Crippen molar-refractivity contribution in [1.82, 2.24) is 9.97 Å². The molecule has 0 amide bonds. The third kappa shape index (κ3) is 3.00. The van der Waals surface area contributed by atoms with Crippen LogP contribution in [-0.4, -0.2) is 9.97 Å². The van der Waals surface area contributed by atoms with E-state index in [0.717, 1.165) is 26.8 Å². The molecular weight excluding hydrogens is 378 g/mol. The van der Waals surface area contributed by atoms with Crippen molar-refractivity contribution in [2.75, 3.05) is 0 Å². The number of hydrogen-bond donors (Lipinski definition) is 1. The van der Waals surface area contributed by atoms with E-state index in [1.54, 1.807) is 6.08 Å². The largest absolute Gasteiger partial charge is 0.457 e. The predicted octanol–water partition coefficient (Wildman–Crippen LogP) is 5.65. The zero-order chi connectivity index (χ0) is 17.2. The molecule has 2 aromatic heterocycles. The Hall–Kier alpha value is -3.10. The van der Waals surface area contributed by atoms with E-state index in [1.807, 2.05) is 60.7 Å². The number of para-hydroxylation sites is 2. The van der Waals surface area contributed by atoms with E-state index in [-0.39, 0.29) is 0 Å². The summed E-state index contributed by atoms with van der Waals surface area (Å²) in [5.41, 5.74) is 3.10. The smallest absolute Gasteiger partial charge is 0.149 e. The summed E-state index contributed by atoms with van der Waals surface area (Å²) in [6.45, 7) is 0. The molecule has 0 aliphatic carbocycles. The Morgan fingerprint density at radius 2 is 1.88 bits per heavy atom. The topological polar surface area (TPSA) is 65.6 Å². The molecule has 0 bridgehead atoms. The molecule has 0 saturated heterocycles. The lowest BCUT2D eigenvalue weighted by Crippen LogP contribution is -1.84. The number of H-pyrrole nitrogens is 1. The lowest BCUT2D eigenvalue weighted by Gasteiger charge is -1.99. The molecule has 2 aromatic carbocycles. The van der Waals surface area contributed by atoms with Crippen LogP contribution in [0.4, 0.5) is 0 Å². The van der Waals surface area contributed by atoms with Crippen LogP contribution in [0.5, 0.6) is 0 Å². The van der Waals surface area contributed by atoms with Gasteiger partial charge in [-0.3, -0.25) is 0 Å². The molecule has 0 unspecified atom stereocenters. The van der Waals surface area contributed by atoms with Crippen LogP contribution in [0.25, 0.3) is 34.0 Å². The van der Waals surface area contributed by atoms with Crippen LogP contribution in [0, 0.1) is 11.3 Å². The highest BCUT2D eigenvalue weighted by molar-refractivity contribution is 9.10. The number of halogens is 1. The first kappa shape index (κ1) is 15.4. The van der Waals surface area contributed by atoms with E-state index in [0.29, 0.717) is 17.2 Å². The third-order valence-electron chi connectivity index (χ3n) is 3.82. The van der Waals surface area contributed by atoms with Gasteiger partial charge < -0.3 is 9.40 Å². The van der Waals surface area contributed by atoms with Gasteiger partial charge in [-0.15, -0.1) is 0 Å². The fourth-order valence-corrected chi connectivity index (χ4v) is 3.09. The Kier molecular flexibility index (Phi) is 3.96. The Labute approximate surface area is 152 Å². The highest BCUT2D eigenvalue weighted by Crippen LogP contribution is 2.30. The molecule has 0 aliphatic heterocycles. The van der Waals surface area contributed by atoms with Gasteiger partial charge in [0.15, 0.2) is 0 Å². The van der Waals surface area contributed by atoms with Crippen molar-refractivity contribution < 1.29 is 4.42 Å². The Morgan fingerprint density at radius 1 is 1.08 bits per heavy atom. The highest BCUT2D eigenvalue weighted by atomic mass is 79.9. The van der Waals surface area contributed by atoms with Gasteiger partial charge in [0.25, 0.3) is 0 Å². The SMILES string of the molecule is N#C/C(=C\c1ccc(-c2ccccc2Br)o1)c1nc2ccccc2[nH]1. The van der Waals surface area contributed by atoms with E-state index in [9.17, 15) is 5.26 Å². The van der Waals surface area contributed by atoms with Gasteiger partial charge in [0.2, 0.25) is 0 Å². The molecule has 2 heterocycles. The van der Waals surface area contributed by atoms with Gasteiger partial charge in [-0.2, -0.15) is 5.26 Å². The van der Waals surface area contributed by atoms with Crippen molar-refractivity contribution in [2.45, 2.75) is 0 Å². The number of rotatable bonds is 3. The van der Waals surface area contributed by atoms with E-state index in [2.05, 4.69) is 32.0 Å². The molecule has 4 aromatic rings. The maximum absolute atomic E-state index is 9.51. The van der Waals surface area contributed by atoms with Gasteiger partial charge in [0.05, 0.1) is 16.6 Å². The molecule has 0 atom stereocenters. The maximum atomic E-state index is 9.51. The van der Waals surface area contributed by atoms with Crippen LogP contribution in [-0.2, 0) is 0 Å². The monoisotopic (exact) mass is 389 g/mol. The Morgan fingerprint density at radius 3 is 2.68 bits per heavy atom. The molecule has 0 spiro atoms. The van der Waals surface area contributed by atoms with Crippen molar-refractivity contribution in [3.05, 3.63) is 76.7 Å². The van der Waals surface area contributed by atoms with Crippen LogP contribution >= 0.6 is 15.9 Å². The van der Waals surface area contributed by atoms with Crippen molar-refractivity contribution >= 4 is 38.6 Å². The van der Waals surface area contributed by atoms with Crippen molar-refractivity contribution in [3.63, 3.8) is 0 Å². The third-order valence-corrected chi connectivity index (χ3v) is 4.51. The molecule has 4 rings (SSSR count). The summed E-state index contributed by atoms with van der Waals surface area (Å²) in [4.78, 5) is 7.63. The fraction of sp³-hybridized carbons (Fsp3) is 0. The van der Waals surface area contributed by atoms with Crippen LogP contribution in [0.15, 0.2) is 69.6 Å². The minimum Gasteiger partial charge on any atom is -0.457 e. The quantitative estimate of drug-likeness (QED) is 0.460. The lowest BCUT2D eigenvalue weighted by molar-refractivity contribution is 0.571. The molecule has 4 nitrogen and oxygen atoms in total. The Bertz CT molecular complexity index is 1100. The molecule has 0 aliphatic rings. The first-order chi connectivity index (χ1) is 12.2. The zero-order valence-electron chi connectivity index (χ0n) is 13.0. The molecule has 5 heteroatoms. The summed E-state index contributed by atoms with van der Waals surface area (Å²) in [5, 5.41) is 9.51. The normalized spacial score (nSPS) is 11.6. The van der Waals surface area contributed by atoms with Crippen molar-refractivity contribution in [3.8, 4) is 17.4 Å². The van der Waals surface area contributed by atoms with Crippen molar-refractivity contribution in [1.29, 1.82) is 5.26 Å². The molecule has 1 N–H and O–H groups in total. The van der Waals surface area contributed by atoms with Crippen LogP contribution in [0.2, 0.25) is 0 Å². The standard InChI is InChI=1S/C20H12BrN3O/c21-16-6-2-1-5-15(16)19-10-9-14(25-19)11-13(12-22)20-23-17-7-3-4-8-18(17)24-20/h1-11H,(H,23,24)/b13-11+. The van der Waals surface area contributed by atoms with Gasteiger partial charge in [0, 0.05) is 16.1 Å². The number of aromatic amines is 1. The van der Waals surface area contributed by atoms with Crippen LogP contribution in [0.1, 0.15) is 11.6 Å². The number of fused-ring (bicyclic) bond motifs is 1. The summed E-state index contributed by atoms with van der Waals surface area (Å²) >= 11 is 3.52. The first-order valence-electron chi connectivity index (χ1n) is 7.66. The number of imidazole rings is 1. The summed E-state index contributed by atoms with van der Waals surface area (Å²) < 4.78 is 6.84. The summed E-state index contributed by atoms with van der Waals surface area (Å²) in [6, 6.07) is 21.4. The number of allylic oxidation sites excluding steroid dienone is 1. The van der Waals surface area contributed by atoms with Gasteiger partial charge in [-0.05, 0) is 30.3 Å². The second-order valence-corrected chi connectivity index (χ2v) is 6.31. The van der Waals surface area contributed by atoms with E-state index >= 15 is 0 Å². The molecular formula is C20H12BrN3O. The number of hydrogen-bond acceptors (Lipinski definition) is 3.